The van der Waals surface area contributed by atoms with Gasteiger partial charge in [0, 0.05) is 29.4 Å². The molecule has 1 saturated heterocycles. The van der Waals surface area contributed by atoms with Gasteiger partial charge in [0.15, 0.2) is 0 Å². The van der Waals surface area contributed by atoms with E-state index in [0.717, 1.165) is 45.1 Å². The van der Waals surface area contributed by atoms with Crippen LogP contribution in [0.4, 0.5) is 5.00 Å². The minimum absolute atomic E-state index is 0.0147. The molecule has 6 rings (SSSR count). The summed E-state index contributed by atoms with van der Waals surface area (Å²) in [4.78, 5) is 19.6. The molecule has 1 amide bonds. The van der Waals surface area contributed by atoms with E-state index >= 15 is 0 Å². The lowest BCUT2D eigenvalue weighted by atomic mass is 9.95. The lowest BCUT2D eigenvalue weighted by molar-refractivity contribution is -0.120. The van der Waals surface area contributed by atoms with Gasteiger partial charge in [-0.15, -0.1) is 34.0 Å². The zero-order chi connectivity index (χ0) is 24.0. The van der Waals surface area contributed by atoms with Crippen molar-refractivity contribution in [1.82, 2.24) is 9.29 Å². The molecule has 10 heteroatoms. The van der Waals surface area contributed by atoms with E-state index in [2.05, 4.69) is 11.4 Å². The Morgan fingerprint density at radius 2 is 1.83 bits per heavy atom. The summed E-state index contributed by atoms with van der Waals surface area (Å²) in [6, 6.07) is 11.5. The summed E-state index contributed by atoms with van der Waals surface area (Å²) in [5, 5.41) is 6.88. The molecule has 35 heavy (non-hydrogen) atoms. The second kappa shape index (κ2) is 9.40. The van der Waals surface area contributed by atoms with Crippen LogP contribution in [0.15, 0.2) is 46.0 Å². The van der Waals surface area contributed by atoms with Gasteiger partial charge in [0.05, 0.1) is 10.2 Å². The molecular formula is C25H25N3O3S4. The number of carbonyl (C=O) groups excluding carboxylic acids is 1. The van der Waals surface area contributed by atoms with E-state index < -0.39 is 10.0 Å². The maximum Gasteiger partial charge on any atom is 0.252 e. The van der Waals surface area contributed by atoms with E-state index in [1.807, 2.05) is 18.2 Å². The number of piperidine rings is 1. The van der Waals surface area contributed by atoms with Crippen molar-refractivity contribution in [2.45, 2.75) is 42.7 Å². The number of fused-ring (bicyclic) bond motifs is 2. The standard InChI is InChI=1S/C25H25N3O3S4/c29-23(16-11-13-28(14-12-16)35(30,31)21-10-5-15-32-21)27-25-22(17-6-1-3-8-19(17)33-25)24-26-18-7-2-4-9-20(18)34-24/h2,4-5,7,9-10,15-16H,1,3,6,8,11-14H2,(H,27,29). The maximum atomic E-state index is 13.3. The Morgan fingerprint density at radius 3 is 2.60 bits per heavy atom. The fourth-order valence-electron chi connectivity index (χ4n) is 4.97. The number of hydrogen-bond acceptors (Lipinski definition) is 7. The van der Waals surface area contributed by atoms with Gasteiger partial charge < -0.3 is 5.32 Å². The largest absolute Gasteiger partial charge is 0.317 e. The number of sulfonamides is 1. The number of nitrogens with one attached hydrogen (secondary N) is 1. The number of thiophene rings is 2. The lowest BCUT2D eigenvalue weighted by Gasteiger charge is -2.30. The van der Waals surface area contributed by atoms with Crippen molar-refractivity contribution in [2.75, 3.05) is 18.4 Å². The van der Waals surface area contributed by atoms with Crippen molar-refractivity contribution in [1.29, 1.82) is 0 Å². The SMILES string of the molecule is O=C(Nc1sc2c(c1-c1nc3ccccc3s1)CCCC2)C1CCN(S(=O)(=O)c2cccs2)CC1. The first-order chi connectivity index (χ1) is 17.0. The minimum atomic E-state index is -3.47. The predicted molar refractivity (Wildman–Crippen MR) is 144 cm³/mol. The summed E-state index contributed by atoms with van der Waals surface area (Å²) in [6.45, 7) is 0.730. The van der Waals surface area contributed by atoms with Crippen LogP contribution in [0.1, 0.15) is 36.1 Å². The van der Waals surface area contributed by atoms with Crippen molar-refractivity contribution >= 4 is 65.2 Å². The highest BCUT2D eigenvalue weighted by molar-refractivity contribution is 7.91. The Labute approximate surface area is 216 Å². The van der Waals surface area contributed by atoms with E-state index in [-0.39, 0.29) is 11.8 Å². The Morgan fingerprint density at radius 1 is 1.03 bits per heavy atom. The number of carbonyl (C=O) groups is 1. The number of benzene rings is 1. The molecule has 1 N–H and O–H groups in total. The van der Waals surface area contributed by atoms with Crippen LogP contribution in [0.3, 0.4) is 0 Å². The van der Waals surface area contributed by atoms with Gasteiger partial charge in [0.2, 0.25) is 5.91 Å². The van der Waals surface area contributed by atoms with Gasteiger partial charge in [-0.2, -0.15) is 4.31 Å². The van der Waals surface area contributed by atoms with Gasteiger partial charge in [-0.05, 0) is 67.7 Å². The van der Waals surface area contributed by atoms with Gasteiger partial charge in [0.1, 0.15) is 14.2 Å². The molecule has 4 heterocycles. The van der Waals surface area contributed by atoms with Crippen LogP contribution in [0.25, 0.3) is 20.8 Å². The molecule has 3 aromatic heterocycles. The highest BCUT2D eigenvalue weighted by Gasteiger charge is 2.33. The number of aromatic nitrogens is 1. The Kier molecular flexibility index (Phi) is 6.26. The Balaban J connectivity index is 1.23. The molecule has 182 valence electrons. The normalized spacial score (nSPS) is 17.5. The average molecular weight is 544 g/mol. The van der Waals surface area contributed by atoms with E-state index in [4.69, 9.17) is 4.98 Å². The molecule has 1 aliphatic heterocycles. The summed E-state index contributed by atoms with van der Waals surface area (Å²) in [5.41, 5.74) is 3.42. The van der Waals surface area contributed by atoms with Crippen LogP contribution in [-0.4, -0.2) is 36.7 Å². The molecule has 1 aromatic carbocycles. The third-order valence-electron chi connectivity index (χ3n) is 6.83. The summed E-state index contributed by atoms with van der Waals surface area (Å²) in [5.74, 6) is -0.216. The zero-order valence-corrected chi connectivity index (χ0v) is 22.3. The molecule has 2 aliphatic rings. The average Bonchev–Trinajstić information content (AvgIpc) is 3.62. The minimum Gasteiger partial charge on any atom is -0.317 e. The number of aryl methyl sites for hydroxylation is 1. The van der Waals surface area contributed by atoms with Crippen molar-refractivity contribution in [3.63, 3.8) is 0 Å². The number of nitrogens with zero attached hydrogens (tertiary/aromatic N) is 2. The fraction of sp³-hybridized carbons (Fsp3) is 0.360. The topological polar surface area (TPSA) is 79.4 Å². The van der Waals surface area contributed by atoms with Gasteiger partial charge in [-0.25, -0.2) is 13.4 Å². The first kappa shape index (κ1) is 23.3. The van der Waals surface area contributed by atoms with Crippen LogP contribution >= 0.6 is 34.0 Å². The zero-order valence-electron chi connectivity index (χ0n) is 19.0. The molecule has 0 bridgehead atoms. The van der Waals surface area contributed by atoms with E-state index in [1.54, 1.807) is 40.2 Å². The molecule has 4 aromatic rings. The smallest absolute Gasteiger partial charge is 0.252 e. The molecule has 1 fully saturated rings. The van der Waals surface area contributed by atoms with Crippen molar-refractivity contribution in [3.05, 3.63) is 52.2 Å². The van der Waals surface area contributed by atoms with Crippen LogP contribution in [0.5, 0.6) is 0 Å². The predicted octanol–water partition coefficient (Wildman–Crippen LogP) is 6.00. The molecule has 6 nitrogen and oxygen atoms in total. The summed E-state index contributed by atoms with van der Waals surface area (Å²) >= 11 is 4.60. The van der Waals surface area contributed by atoms with Crippen molar-refractivity contribution in [2.24, 2.45) is 5.92 Å². The summed E-state index contributed by atoms with van der Waals surface area (Å²) in [6.07, 6.45) is 5.46. The number of rotatable bonds is 5. The third-order valence-corrected chi connectivity index (χ3v) is 12.4. The second-order valence-corrected chi connectivity index (χ2v) is 14.2. The lowest BCUT2D eigenvalue weighted by Crippen LogP contribution is -2.41. The molecule has 1 aliphatic carbocycles. The number of anilines is 1. The highest BCUT2D eigenvalue weighted by Crippen LogP contribution is 2.46. The van der Waals surface area contributed by atoms with Gasteiger partial charge in [-0.3, -0.25) is 4.79 Å². The first-order valence-electron chi connectivity index (χ1n) is 11.9. The monoisotopic (exact) mass is 543 g/mol. The molecule has 0 saturated carbocycles. The second-order valence-electron chi connectivity index (χ2n) is 9.00. The fourth-order valence-corrected chi connectivity index (χ4v) is 9.99. The van der Waals surface area contributed by atoms with Gasteiger partial charge in [0.25, 0.3) is 10.0 Å². The van der Waals surface area contributed by atoms with Gasteiger partial charge >= 0.3 is 0 Å². The third kappa shape index (κ3) is 4.35. The van der Waals surface area contributed by atoms with Crippen LogP contribution < -0.4 is 5.32 Å². The number of para-hydroxylation sites is 1. The van der Waals surface area contributed by atoms with Crippen molar-refractivity contribution in [3.8, 4) is 10.6 Å². The van der Waals surface area contributed by atoms with Crippen LogP contribution in [0.2, 0.25) is 0 Å². The number of thiazole rings is 1. The molecule has 0 atom stereocenters. The van der Waals surface area contributed by atoms with E-state index in [1.165, 1.54) is 32.5 Å². The number of hydrogen-bond donors (Lipinski definition) is 1. The van der Waals surface area contributed by atoms with E-state index in [9.17, 15) is 13.2 Å². The molecule has 0 spiro atoms. The quantitative estimate of drug-likeness (QED) is 0.335. The van der Waals surface area contributed by atoms with Crippen LogP contribution in [-0.2, 0) is 27.7 Å². The van der Waals surface area contributed by atoms with Crippen molar-refractivity contribution < 1.29 is 13.2 Å². The van der Waals surface area contributed by atoms with E-state index in [0.29, 0.717) is 30.1 Å². The molecular weight excluding hydrogens is 519 g/mol. The Hall–Kier alpha value is -2.11. The van der Waals surface area contributed by atoms with Crippen LogP contribution in [0, 0.1) is 5.92 Å². The molecule has 0 unspecified atom stereocenters. The summed E-state index contributed by atoms with van der Waals surface area (Å²) in [7, 11) is -3.47. The first-order valence-corrected chi connectivity index (χ1v) is 15.8. The Bertz CT molecular complexity index is 1450. The highest BCUT2D eigenvalue weighted by atomic mass is 32.2. The maximum absolute atomic E-state index is 13.3. The van der Waals surface area contributed by atoms with Gasteiger partial charge in [-0.1, -0.05) is 18.2 Å². The summed E-state index contributed by atoms with van der Waals surface area (Å²) < 4.78 is 28.7. The number of amides is 1. The molecule has 0 radical (unpaired) electrons.